The second kappa shape index (κ2) is 9.09. The van der Waals surface area contributed by atoms with Crippen LogP contribution in [0.25, 0.3) is 0 Å². The van der Waals surface area contributed by atoms with Gasteiger partial charge in [0.15, 0.2) is 0 Å². The molecule has 0 saturated carbocycles. The fraction of sp³-hybridized carbons (Fsp3) is 1.00. The van der Waals surface area contributed by atoms with Crippen LogP contribution < -0.4 is 0 Å². The van der Waals surface area contributed by atoms with Gasteiger partial charge in [-0.1, -0.05) is 0 Å². The zero-order chi connectivity index (χ0) is 29.8. The van der Waals surface area contributed by atoms with Gasteiger partial charge in [-0.3, -0.25) is 8.37 Å². The summed E-state index contributed by atoms with van der Waals surface area (Å²) < 4.78 is 263. The molecule has 0 fully saturated rings. The molecule has 0 rings (SSSR count). The molecule has 0 bridgehead atoms. The minimum atomic E-state index is -8.21. The Morgan fingerprint density at radius 3 is 0.611 bits per heavy atom. The van der Waals surface area contributed by atoms with Crippen LogP contribution in [0.4, 0.5) is 79.0 Å². The summed E-state index contributed by atoms with van der Waals surface area (Å²) in [5.74, 6) is 0. The number of alkyl halides is 18. The molecule has 0 aliphatic heterocycles. The lowest BCUT2D eigenvalue weighted by Gasteiger charge is -2.37. The van der Waals surface area contributed by atoms with Gasteiger partial charge in [-0.05, 0) is 0 Å². The molecule has 0 aromatic rings. The summed E-state index contributed by atoms with van der Waals surface area (Å²) in [5, 5.41) is 0. The molecule has 0 aromatic carbocycles. The average Bonchev–Trinajstić information content (AvgIpc) is 2.41. The molecule has 0 atom stereocenters. The van der Waals surface area contributed by atoms with E-state index in [2.05, 4.69) is 8.37 Å². The Labute approximate surface area is 185 Å². The van der Waals surface area contributed by atoms with Crippen molar-refractivity contribution in [3.8, 4) is 0 Å². The highest BCUT2D eigenvalue weighted by Crippen LogP contribution is 2.59. The van der Waals surface area contributed by atoms with E-state index in [1.165, 1.54) is 0 Å². The predicted octanol–water partition coefficient (Wildman–Crippen LogP) is 4.53. The van der Waals surface area contributed by atoms with E-state index in [0.29, 0.717) is 0 Å². The van der Waals surface area contributed by atoms with E-state index < -0.39 is 80.0 Å². The fourth-order valence-electron chi connectivity index (χ4n) is 2.28. The highest BCUT2D eigenvalue weighted by molar-refractivity contribution is 7.88. The molecular formula is C10H4F18O6S2. The van der Waals surface area contributed by atoms with E-state index in [-0.39, 0.29) is 0 Å². The van der Waals surface area contributed by atoms with Gasteiger partial charge in [-0.2, -0.15) is 95.9 Å². The minimum absolute atomic E-state index is 2.62. The zero-order valence-electron chi connectivity index (χ0n) is 15.5. The monoisotopic (exact) mass is 626 g/mol. The third kappa shape index (κ3) is 5.12. The molecule has 0 unspecified atom stereocenters. The largest absolute Gasteiger partial charge is 0.428 e. The lowest BCUT2D eigenvalue weighted by Crippen LogP contribution is -2.71. The molecule has 0 spiro atoms. The van der Waals surface area contributed by atoms with Gasteiger partial charge in [-0.15, -0.1) is 0 Å². The second-order valence-electron chi connectivity index (χ2n) is 5.90. The third-order valence-corrected chi connectivity index (χ3v) is 7.55. The van der Waals surface area contributed by atoms with E-state index in [9.17, 15) is 95.9 Å². The Bertz CT molecular complexity index is 836. The quantitative estimate of drug-likeness (QED) is 0.235. The molecule has 0 amide bonds. The van der Waals surface area contributed by atoms with Crippen molar-refractivity contribution < 1.29 is 104 Å². The lowest BCUT2D eigenvalue weighted by atomic mass is 10.1. The molecule has 0 aliphatic carbocycles. The predicted molar refractivity (Wildman–Crippen MR) is 71.5 cm³/mol. The SMILES string of the molecule is O=S(=O)(OCCOS(=O)(=O)C(C(F)(F)F)(C(F)(F)F)C(F)(F)F)C(C(F)(F)F)(C(F)(F)F)C(F)(F)F. The van der Waals surface area contributed by atoms with Crippen LogP contribution in [0.1, 0.15) is 0 Å². The van der Waals surface area contributed by atoms with Crippen LogP contribution in [0.2, 0.25) is 0 Å². The van der Waals surface area contributed by atoms with Crippen molar-refractivity contribution in [1.29, 1.82) is 0 Å². The summed E-state index contributed by atoms with van der Waals surface area (Å²) in [5.41, 5.74) is 0. The summed E-state index contributed by atoms with van der Waals surface area (Å²) >= 11 is 0. The molecule has 0 saturated heterocycles. The fourth-order valence-corrected chi connectivity index (χ4v) is 4.91. The lowest BCUT2D eigenvalue weighted by molar-refractivity contribution is -0.352. The molecular weight excluding hydrogens is 622 g/mol. The first-order valence-electron chi connectivity index (χ1n) is 7.39. The van der Waals surface area contributed by atoms with Gasteiger partial charge < -0.3 is 0 Å². The number of hydrogen-bond acceptors (Lipinski definition) is 6. The minimum Gasteiger partial charge on any atom is -0.266 e. The molecule has 36 heavy (non-hydrogen) atoms. The molecule has 0 radical (unpaired) electrons. The van der Waals surface area contributed by atoms with Crippen LogP contribution >= 0.6 is 0 Å². The van der Waals surface area contributed by atoms with Gasteiger partial charge in [0, 0.05) is 0 Å². The average molecular weight is 626 g/mol. The maximum Gasteiger partial charge on any atom is 0.428 e. The van der Waals surface area contributed by atoms with E-state index in [1.54, 1.807) is 0 Å². The van der Waals surface area contributed by atoms with Gasteiger partial charge in [0.25, 0.3) is 0 Å². The van der Waals surface area contributed by atoms with Gasteiger partial charge >= 0.3 is 66.8 Å². The molecule has 0 N–H and O–H groups in total. The molecule has 218 valence electrons. The van der Waals surface area contributed by atoms with Crippen molar-refractivity contribution in [3.05, 3.63) is 0 Å². The van der Waals surface area contributed by atoms with Crippen LogP contribution in [0, 0.1) is 0 Å². The zero-order valence-corrected chi connectivity index (χ0v) is 17.1. The Kier molecular flexibility index (Phi) is 8.73. The summed E-state index contributed by atoms with van der Waals surface area (Å²) in [6.07, 6.45) is -47.2. The van der Waals surface area contributed by atoms with Crippen LogP contribution in [-0.4, -0.2) is 76.6 Å². The second-order valence-corrected chi connectivity index (χ2v) is 9.41. The maximum atomic E-state index is 12.7. The van der Waals surface area contributed by atoms with Crippen molar-refractivity contribution in [2.45, 2.75) is 46.6 Å². The topological polar surface area (TPSA) is 86.7 Å². The van der Waals surface area contributed by atoms with Crippen LogP contribution in [0.15, 0.2) is 0 Å². The van der Waals surface area contributed by atoms with E-state index in [4.69, 9.17) is 0 Å². The van der Waals surface area contributed by atoms with Crippen molar-refractivity contribution in [1.82, 2.24) is 0 Å². The van der Waals surface area contributed by atoms with Gasteiger partial charge in [0.05, 0.1) is 13.2 Å². The molecule has 26 heteroatoms. The highest BCUT2D eigenvalue weighted by atomic mass is 32.2. The van der Waals surface area contributed by atoms with Crippen molar-refractivity contribution >= 4 is 20.2 Å². The Hall–Kier alpha value is -1.44. The van der Waals surface area contributed by atoms with Crippen molar-refractivity contribution in [3.63, 3.8) is 0 Å². The summed E-state index contributed by atoms with van der Waals surface area (Å²) in [7, 11) is -16.4. The van der Waals surface area contributed by atoms with E-state index in [0.717, 1.165) is 0 Å². The van der Waals surface area contributed by atoms with E-state index >= 15 is 0 Å². The first-order chi connectivity index (χ1) is 15.2. The number of rotatable bonds is 7. The number of hydrogen-bond donors (Lipinski definition) is 0. The van der Waals surface area contributed by atoms with E-state index in [1.807, 2.05) is 0 Å². The molecule has 6 nitrogen and oxygen atoms in total. The highest BCUT2D eigenvalue weighted by Gasteiger charge is 2.92. The summed E-state index contributed by atoms with van der Waals surface area (Å²) in [4.78, 5) is 0. The Balaban J connectivity index is 6.46. The van der Waals surface area contributed by atoms with Gasteiger partial charge in [0.1, 0.15) is 0 Å². The first-order valence-corrected chi connectivity index (χ1v) is 10.2. The van der Waals surface area contributed by atoms with Crippen LogP contribution in [0.5, 0.6) is 0 Å². The smallest absolute Gasteiger partial charge is 0.266 e. The van der Waals surface area contributed by atoms with Gasteiger partial charge in [-0.25, -0.2) is 0 Å². The summed E-state index contributed by atoms with van der Waals surface area (Å²) in [6.45, 7) is -5.98. The third-order valence-electron chi connectivity index (χ3n) is 3.71. The first kappa shape index (κ1) is 34.6. The van der Waals surface area contributed by atoms with Crippen molar-refractivity contribution in [2.75, 3.05) is 13.2 Å². The maximum absolute atomic E-state index is 12.7. The van der Waals surface area contributed by atoms with Gasteiger partial charge in [0.2, 0.25) is 0 Å². The number of halogens is 18. The van der Waals surface area contributed by atoms with Crippen LogP contribution in [-0.2, 0) is 28.6 Å². The molecule has 0 heterocycles. The van der Waals surface area contributed by atoms with Crippen LogP contribution in [0.3, 0.4) is 0 Å². The Morgan fingerprint density at radius 1 is 0.361 bits per heavy atom. The normalized spacial score (nSPS) is 16.4. The Morgan fingerprint density at radius 2 is 0.500 bits per heavy atom. The molecule has 0 aliphatic rings. The summed E-state index contributed by atoms with van der Waals surface area (Å²) in [6, 6.07) is 0. The van der Waals surface area contributed by atoms with Crippen molar-refractivity contribution in [2.24, 2.45) is 0 Å². The standard InChI is InChI=1S/C10H4F18O6S2/c11-5(12,13)3(6(14,15)16,7(17,18)19)35(29,30)33-1-2-34-36(31,32)4(8(20,21)22,9(23,24)25)10(26,27)28/h1-2H2. The molecule has 0 aromatic heterocycles.